The van der Waals surface area contributed by atoms with Crippen LogP contribution in [0.2, 0.25) is 0 Å². The highest BCUT2D eigenvalue weighted by atomic mass is 79.9. The van der Waals surface area contributed by atoms with E-state index in [1.54, 1.807) is 7.11 Å². The zero-order valence-electron chi connectivity index (χ0n) is 12.0. The van der Waals surface area contributed by atoms with Crippen molar-refractivity contribution >= 4 is 21.6 Å². The number of benzene rings is 1. The summed E-state index contributed by atoms with van der Waals surface area (Å²) in [5.74, 6) is 0.865. The second-order valence-corrected chi connectivity index (χ2v) is 6.40. The molecule has 1 N–H and O–H groups in total. The Morgan fingerprint density at radius 3 is 2.74 bits per heavy atom. The van der Waals surface area contributed by atoms with Crippen LogP contribution in [0, 0.1) is 5.41 Å². The van der Waals surface area contributed by atoms with Crippen molar-refractivity contribution in [1.82, 2.24) is 0 Å². The summed E-state index contributed by atoms with van der Waals surface area (Å²) < 4.78 is 12.1. The lowest BCUT2D eigenvalue weighted by molar-refractivity contribution is -0.0976. The molecule has 1 saturated carbocycles. The molecule has 1 aromatic rings. The second-order valence-electron chi connectivity index (χ2n) is 5.54. The van der Waals surface area contributed by atoms with Crippen LogP contribution in [-0.4, -0.2) is 25.9 Å². The quantitative estimate of drug-likeness (QED) is 0.884. The molecule has 4 heteroatoms. The molecule has 0 radical (unpaired) electrons. The van der Waals surface area contributed by atoms with E-state index in [1.807, 2.05) is 18.2 Å². The SMILES string of the molecule is CCOC1CC(Nc2cc(OC)ccc2Br)C1(C)C. The number of hydrogen-bond donors (Lipinski definition) is 1. The lowest BCUT2D eigenvalue weighted by Gasteiger charge is -2.52. The average Bonchev–Trinajstić information content (AvgIpc) is 2.39. The Balaban J connectivity index is 2.07. The van der Waals surface area contributed by atoms with Crippen LogP contribution in [0.25, 0.3) is 0 Å². The standard InChI is InChI=1S/C15H22BrNO2/c1-5-19-14-9-13(15(14,2)3)17-12-8-10(18-4)6-7-11(12)16/h6-8,13-14,17H,5,9H2,1-4H3. The van der Waals surface area contributed by atoms with Crippen molar-refractivity contribution in [3.8, 4) is 5.75 Å². The van der Waals surface area contributed by atoms with E-state index in [1.165, 1.54) is 0 Å². The molecule has 2 unspecified atom stereocenters. The molecule has 0 aliphatic heterocycles. The molecule has 106 valence electrons. The number of methoxy groups -OCH3 is 1. The highest BCUT2D eigenvalue weighted by molar-refractivity contribution is 9.10. The Morgan fingerprint density at radius 1 is 1.42 bits per heavy atom. The summed E-state index contributed by atoms with van der Waals surface area (Å²) in [7, 11) is 1.69. The van der Waals surface area contributed by atoms with Gasteiger partial charge in [0.2, 0.25) is 0 Å². The fraction of sp³-hybridized carbons (Fsp3) is 0.600. The maximum Gasteiger partial charge on any atom is 0.121 e. The van der Waals surface area contributed by atoms with Gasteiger partial charge in [0.1, 0.15) is 5.75 Å². The summed E-state index contributed by atoms with van der Waals surface area (Å²) in [6, 6.07) is 6.40. The van der Waals surface area contributed by atoms with Gasteiger partial charge in [-0.05, 0) is 41.4 Å². The van der Waals surface area contributed by atoms with E-state index in [0.29, 0.717) is 12.1 Å². The molecule has 0 spiro atoms. The first-order chi connectivity index (χ1) is 8.98. The molecule has 19 heavy (non-hydrogen) atoms. The molecular weight excluding hydrogens is 306 g/mol. The van der Waals surface area contributed by atoms with Crippen LogP contribution in [0.15, 0.2) is 22.7 Å². The molecular formula is C15H22BrNO2. The van der Waals surface area contributed by atoms with Crippen LogP contribution in [0.5, 0.6) is 5.75 Å². The third kappa shape index (κ3) is 2.90. The molecule has 2 rings (SSSR count). The fourth-order valence-corrected chi connectivity index (χ4v) is 2.91. The third-order valence-corrected chi connectivity index (χ3v) is 4.74. The lowest BCUT2D eigenvalue weighted by atomic mass is 9.64. The maximum absolute atomic E-state index is 5.76. The van der Waals surface area contributed by atoms with Crippen LogP contribution in [-0.2, 0) is 4.74 Å². The number of hydrogen-bond acceptors (Lipinski definition) is 3. The van der Waals surface area contributed by atoms with E-state index in [-0.39, 0.29) is 5.41 Å². The van der Waals surface area contributed by atoms with Crippen molar-refractivity contribution in [1.29, 1.82) is 0 Å². The summed E-state index contributed by atoms with van der Waals surface area (Å²) in [6.45, 7) is 7.34. The van der Waals surface area contributed by atoms with E-state index >= 15 is 0 Å². The molecule has 3 nitrogen and oxygen atoms in total. The minimum atomic E-state index is 0.151. The number of ether oxygens (including phenoxy) is 2. The molecule has 1 aliphatic carbocycles. The van der Waals surface area contributed by atoms with Gasteiger partial charge in [-0.15, -0.1) is 0 Å². The van der Waals surface area contributed by atoms with Gasteiger partial charge in [0, 0.05) is 28.6 Å². The second kappa shape index (κ2) is 5.71. The molecule has 2 atom stereocenters. The maximum atomic E-state index is 5.76. The lowest BCUT2D eigenvalue weighted by Crippen LogP contribution is -2.58. The van der Waals surface area contributed by atoms with Crippen molar-refractivity contribution in [2.45, 2.75) is 39.3 Å². The molecule has 0 saturated heterocycles. The summed E-state index contributed by atoms with van der Waals surface area (Å²) in [6.07, 6.45) is 1.39. The predicted molar refractivity (Wildman–Crippen MR) is 81.9 cm³/mol. The summed E-state index contributed by atoms with van der Waals surface area (Å²) in [4.78, 5) is 0. The van der Waals surface area contributed by atoms with E-state index in [9.17, 15) is 0 Å². The van der Waals surface area contributed by atoms with Crippen LogP contribution >= 0.6 is 15.9 Å². The van der Waals surface area contributed by atoms with E-state index < -0.39 is 0 Å². The first kappa shape index (κ1) is 14.7. The molecule has 0 amide bonds. The van der Waals surface area contributed by atoms with Crippen molar-refractivity contribution in [2.24, 2.45) is 5.41 Å². The Bertz CT molecular complexity index is 448. The van der Waals surface area contributed by atoms with Gasteiger partial charge in [-0.25, -0.2) is 0 Å². The summed E-state index contributed by atoms with van der Waals surface area (Å²) in [5, 5.41) is 3.59. The number of nitrogens with one attached hydrogen (secondary N) is 1. The van der Waals surface area contributed by atoms with Crippen molar-refractivity contribution in [3.05, 3.63) is 22.7 Å². The first-order valence-electron chi connectivity index (χ1n) is 6.70. The van der Waals surface area contributed by atoms with Crippen molar-refractivity contribution in [2.75, 3.05) is 19.0 Å². The van der Waals surface area contributed by atoms with E-state index in [2.05, 4.69) is 42.0 Å². The van der Waals surface area contributed by atoms with Gasteiger partial charge in [-0.3, -0.25) is 0 Å². The highest BCUT2D eigenvalue weighted by Crippen LogP contribution is 2.45. The monoisotopic (exact) mass is 327 g/mol. The zero-order valence-corrected chi connectivity index (χ0v) is 13.6. The minimum Gasteiger partial charge on any atom is -0.497 e. The van der Waals surface area contributed by atoms with Crippen LogP contribution < -0.4 is 10.1 Å². The van der Waals surface area contributed by atoms with E-state index in [4.69, 9.17) is 9.47 Å². The van der Waals surface area contributed by atoms with E-state index in [0.717, 1.165) is 28.9 Å². The zero-order chi connectivity index (χ0) is 14.0. The normalized spacial score (nSPS) is 24.7. The van der Waals surface area contributed by atoms with Gasteiger partial charge >= 0.3 is 0 Å². The Hall–Kier alpha value is -0.740. The topological polar surface area (TPSA) is 30.5 Å². The smallest absolute Gasteiger partial charge is 0.121 e. The van der Waals surface area contributed by atoms with Crippen molar-refractivity contribution < 1.29 is 9.47 Å². The largest absolute Gasteiger partial charge is 0.497 e. The Morgan fingerprint density at radius 2 is 2.16 bits per heavy atom. The first-order valence-corrected chi connectivity index (χ1v) is 7.50. The van der Waals surface area contributed by atoms with Gasteiger partial charge in [-0.1, -0.05) is 13.8 Å². The van der Waals surface area contributed by atoms with Gasteiger partial charge in [0.25, 0.3) is 0 Å². The minimum absolute atomic E-state index is 0.151. The Kier molecular flexibility index (Phi) is 4.41. The van der Waals surface area contributed by atoms with Crippen molar-refractivity contribution in [3.63, 3.8) is 0 Å². The van der Waals surface area contributed by atoms with Crippen LogP contribution in [0.1, 0.15) is 27.2 Å². The summed E-state index contributed by atoms with van der Waals surface area (Å²) >= 11 is 3.58. The molecule has 1 fully saturated rings. The number of halogens is 1. The summed E-state index contributed by atoms with van der Waals surface area (Å²) in [5.41, 5.74) is 1.23. The number of rotatable bonds is 5. The molecule has 0 bridgehead atoms. The van der Waals surface area contributed by atoms with Gasteiger partial charge < -0.3 is 14.8 Å². The molecule has 0 aromatic heterocycles. The molecule has 0 heterocycles. The van der Waals surface area contributed by atoms with Gasteiger partial charge in [-0.2, -0.15) is 0 Å². The molecule has 1 aliphatic rings. The van der Waals surface area contributed by atoms with Crippen LogP contribution in [0.3, 0.4) is 0 Å². The average molecular weight is 328 g/mol. The predicted octanol–water partition coefficient (Wildman–Crippen LogP) is 4.07. The third-order valence-electron chi connectivity index (χ3n) is 4.05. The molecule has 1 aromatic carbocycles. The van der Waals surface area contributed by atoms with Gasteiger partial charge in [0.05, 0.1) is 18.9 Å². The Labute approximate surface area is 123 Å². The fourth-order valence-electron chi connectivity index (χ4n) is 2.54. The van der Waals surface area contributed by atoms with Gasteiger partial charge in [0.15, 0.2) is 0 Å². The van der Waals surface area contributed by atoms with Crippen LogP contribution in [0.4, 0.5) is 5.69 Å². The highest BCUT2D eigenvalue weighted by Gasteiger charge is 2.48. The number of anilines is 1.